The second-order valence-corrected chi connectivity index (χ2v) is 5.20. The summed E-state index contributed by atoms with van der Waals surface area (Å²) in [6.07, 6.45) is 0.0381. The molecule has 0 spiro atoms. The fourth-order valence-corrected chi connectivity index (χ4v) is 2.52. The first kappa shape index (κ1) is 13.9. The molecule has 1 aliphatic rings. The summed E-state index contributed by atoms with van der Waals surface area (Å²) in [4.78, 5) is 12.5. The molecule has 0 saturated carbocycles. The van der Waals surface area contributed by atoms with Crippen molar-refractivity contribution in [2.45, 2.75) is 6.42 Å². The highest BCUT2D eigenvalue weighted by molar-refractivity contribution is 6.31. The number of carbonyl (C=O) groups excluding carboxylic acids is 1. The van der Waals surface area contributed by atoms with Crippen molar-refractivity contribution < 1.29 is 13.9 Å². The quantitative estimate of drug-likeness (QED) is 0.879. The highest BCUT2D eigenvalue weighted by atomic mass is 35.5. The van der Waals surface area contributed by atoms with Crippen LogP contribution in [-0.4, -0.2) is 18.9 Å². The van der Waals surface area contributed by atoms with E-state index < -0.39 is 5.82 Å². The highest BCUT2D eigenvalue weighted by Gasteiger charge is 2.20. The van der Waals surface area contributed by atoms with Crippen molar-refractivity contribution in [3.63, 3.8) is 0 Å². The molecule has 1 N–H and O–H groups in total. The van der Waals surface area contributed by atoms with Gasteiger partial charge in [-0.25, -0.2) is 4.39 Å². The minimum Gasteiger partial charge on any atom is -0.489 e. The Morgan fingerprint density at radius 2 is 2.19 bits per heavy atom. The molecule has 0 radical (unpaired) electrons. The zero-order valence-corrected chi connectivity index (χ0v) is 11.9. The van der Waals surface area contributed by atoms with Gasteiger partial charge in [0.15, 0.2) is 11.5 Å². The van der Waals surface area contributed by atoms with Crippen LogP contribution in [0, 0.1) is 5.82 Å². The van der Waals surface area contributed by atoms with E-state index in [9.17, 15) is 9.18 Å². The van der Waals surface area contributed by atoms with Crippen molar-refractivity contribution in [2.24, 2.45) is 0 Å². The molecule has 1 aliphatic heterocycles. The minimum atomic E-state index is -0.407. The number of fused-ring (bicyclic) bond motifs is 1. The van der Waals surface area contributed by atoms with Crippen molar-refractivity contribution in [2.75, 3.05) is 18.5 Å². The first-order valence-corrected chi connectivity index (χ1v) is 7.00. The summed E-state index contributed by atoms with van der Waals surface area (Å²) in [5.41, 5.74) is 1.76. The standard InChI is InChI=1S/C16H13ClFNO2/c17-13-5-4-11(18)8-10(13)9-15(20)12-2-1-3-14-16(12)21-7-6-19-14/h1-5,8,19H,6-7,9H2. The molecule has 0 fully saturated rings. The summed E-state index contributed by atoms with van der Waals surface area (Å²) < 4.78 is 18.8. The van der Waals surface area contributed by atoms with E-state index in [2.05, 4.69) is 5.32 Å². The molecule has 1 heterocycles. The Kier molecular flexibility index (Phi) is 3.80. The number of para-hydroxylation sites is 1. The van der Waals surface area contributed by atoms with Crippen molar-refractivity contribution in [1.29, 1.82) is 0 Å². The maximum atomic E-state index is 13.3. The number of benzene rings is 2. The Morgan fingerprint density at radius 3 is 3.05 bits per heavy atom. The zero-order valence-electron chi connectivity index (χ0n) is 11.2. The lowest BCUT2D eigenvalue weighted by Gasteiger charge is -2.21. The van der Waals surface area contributed by atoms with E-state index in [0.717, 1.165) is 5.69 Å². The zero-order chi connectivity index (χ0) is 14.8. The topological polar surface area (TPSA) is 38.3 Å². The van der Waals surface area contributed by atoms with E-state index in [-0.39, 0.29) is 12.2 Å². The van der Waals surface area contributed by atoms with Crippen LogP contribution < -0.4 is 10.1 Å². The summed E-state index contributed by atoms with van der Waals surface area (Å²) in [7, 11) is 0. The van der Waals surface area contributed by atoms with Gasteiger partial charge in [-0.1, -0.05) is 17.7 Å². The minimum absolute atomic E-state index is 0.0381. The maximum Gasteiger partial charge on any atom is 0.171 e. The average Bonchev–Trinajstić information content (AvgIpc) is 2.50. The first-order chi connectivity index (χ1) is 10.1. The van der Waals surface area contributed by atoms with E-state index in [1.807, 2.05) is 6.07 Å². The molecule has 0 bridgehead atoms. The van der Waals surface area contributed by atoms with Gasteiger partial charge in [0.05, 0.1) is 11.3 Å². The number of hydrogen-bond acceptors (Lipinski definition) is 3. The van der Waals surface area contributed by atoms with E-state index in [4.69, 9.17) is 16.3 Å². The number of anilines is 1. The predicted molar refractivity (Wildman–Crippen MR) is 79.9 cm³/mol. The summed E-state index contributed by atoms with van der Waals surface area (Å²) in [6.45, 7) is 1.22. The lowest BCUT2D eigenvalue weighted by Crippen LogP contribution is -2.20. The van der Waals surface area contributed by atoms with Gasteiger partial charge in [0.2, 0.25) is 0 Å². The third-order valence-electron chi connectivity index (χ3n) is 3.34. The monoisotopic (exact) mass is 305 g/mol. The van der Waals surface area contributed by atoms with E-state index in [1.54, 1.807) is 12.1 Å². The summed E-state index contributed by atoms with van der Waals surface area (Å²) in [6, 6.07) is 9.38. The third kappa shape index (κ3) is 2.85. The van der Waals surface area contributed by atoms with Crippen molar-refractivity contribution in [3.05, 3.63) is 58.4 Å². The number of carbonyl (C=O) groups is 1. The maximum absolute atomic E-state index is 13.3. The van der Waals surface area contributed by atoms with Gasteiger partial charge in [-0.05, 0) is 35.9 Å². The lowest BCUT2D eigenvalue weighted by atomic mass is 10.0. The molecule has 3 nitrogen and oxygen atoms in total. The lowest BCUT2D eigenvalue weighted by molar-refractivity contribution is 0.0989. The molecule has 5 heteroatoms. The molecule has 0 aromatic heterocycles. The molecule has 2 aromatic carbocycles. The number of halogens is 2. The van der Waals surface area contributed by atoms with Gasteiger partial charge in [-0.2, -0.15) is 0 Å². The third-order valence-corrected chi connectivity index (χ3v) is 3.71. The van der Waals surface area contributed by atoms with Crippen LogP contribution in [0.3, 0.4) is 0 Å². The average molecular weight is 306 g/mol. The molecular weight excluding hydrogens is 293 g/mol. The molecule has 108 valence electrons. The van der Waals surface area contributed by atoms with Gasteiger partial charge >= 0.3 is 0 Å². The molecule has 0 atom stereocenters. The van der Waals surface area contributed by atoms with Crippen molar-refractivity contribution in [1.82, 2.24) is 0 Å². The SMILES string of the molecule is O=C(Cc1cc(F)ccc1Cl)c1cccc2c1OCCN2. The molecule has 2 aromatic rings. The van der Waals surface area contributed by atoms with Crippen LogP contribution in [0.4, 0.5) is 10.1 Å². The van der Waals surface area contributed by atoms with Gasteiger partial charge in [0.25, 0.3) is 0 Å². The number of Topliss-reactive ketones (excluding diaryl/α,β-unsaturated/α-hetero) is 1. The Bertz CT molecular complexity index is 703. The summed E-state index contributed by atoms with van der Waals surface area (Å²) >= 11 is 6.01. The van der Waals surface area contributed by atoms with Crippen molar-refractivity contribution in [3.8, 4) is 5.75 Å². The van der Waals surface area contributed by atoms with Crippen LogP contribution in [-0.2, 0) is 6.42 Å². The highest BCUT2D eigenvalue weighted by Crippen LogP contribution is 2.32. The fourth-order valence-electron chi connectivity index (χ4n) is 2.34. The molecule has 0 amide bonds. The Hall–Kier alpha value is -2.07. The number of hydrogen-bond donors (Lipinski definition) is 1. The van der Waals surface area contributed by atoms with E-state index in [0.29, 0.717) is 35.1 Å². The second-order valence-electron chi connectivity index (χ2n) is 4.79. The Labute approximate surface area is 126 Å². The second kappa shape index (κ2) is 5.74. The fraction of sp³-hybridized carbons (Fsp3) is 0.188. The van der Waals surface area contributed by atoms with Gasteiger partial charge in [-0.3, -0.25) is 4.79 Å². The molecule has 3 rings (SSSR count). The van der Waals surface area contributed by atoms with E-state index >= 15 is 0 Å². The molecule has 0 aliphatic carbocycles. The number of ether oxygens (including phenoxy) is 1. The smallest absolute Gasteiger partial charge is 0.171 e. The van der Waals surface area contributed by atoms with Crippen LogP contribution in [0.15, 0.2) is 36.4 Å². The number of ketones is 1. The summed E-state index contributed by atoms with van der Waals surface area (Å²) in [5, 5.41) is 3.56. The molecule has 0 saturated heterocycles. The van der Waals surface area contributed by atoms with E-state index in [1.165, 1.54) is 18.2 Å². The van der Waals surface area contributed by atoms with Crippen LogP contribution in [0.25, 0.3) is 0 Å². The molecular formula is C16H13ClFNO2. The van der Waals surface area contributed by atoms with Crippen LogP contribution in [0.2, 0.25) is 5.02 Å². The Balaban J connectivity index is 1.91. The largest absolute Gasteiger partial charge is 0.489 e. The van der Waals surface area contributed by atoms with Crippen LogP contribution in [0.5, 0.6) is 5.75 Å². The van der Waals surface area contributed by atoms with Crippen LogP contribution in [0.1, 0.15) is 15.9 Å². The van der Waals surface area contributed by atoms with Gasteiger partial charge < -0.3 is 10.1 Å². The van der Waals surface area contributed by atoms with Crippen LogP contribution >= 0.6 is 11.6 Å². The van der Waals surface area contributed by atoms with Crippen molar-refractivity contribution >= 4 is 23.1 Å². The Morgan fingerprint density at radius 1 is 1.33 bits per heavy atom. The van der Waals surface area contributed by atoms with Gasteiger partial charge in [0, 0.05) is 18.0 Å². The first-order valence-electron chi connectivity index (χ1n) is 6.62. The summed E-state index contributed by atoms with van der Waals surface area (Å²) in [5.74, 6) is -0.000433. The van der Waals surface area contributed by atoms with Gasteiger partial charge in [0.1, 0.15) is 12.4 Å². The molecule has 21 heavy (non-hydrogen) atoms. The predicted octanol–water partition coefficient (Wildman–Crippen LogP) is 3.71. The molecule has 0 unspecified atom stereocenters. The normalized spacial score (nSPS) is 13.0. The number of nitrogens with one attached hydrogen (secondary N) is 1. The number of rotatable bonds is 3. The van der Waals surface area contributed by atoms with Gasteiger partial charge in [-0.15, -0.1) is 0 Å².